The quantitative estimate of drug-likeness (QED) is 0.379. The summed E-state index contributed by atoms with van der Waals surface area (Å²) in [4.78, 5) is 12.0. The van der Waals surface area contributed by atoms with Gasteiger partial charge in [0.05, 0.1) is 35.9 Å². The molecule has 1 aromatic heterocycles. The molecular weight excluding hydrogens is 441 g/mol. The molecule has 1 aliphatic heterocycles. The van der Waals surface area contributed by atoms with E-state index >= 15 is 0 Å². The number of anilines is 1. The second-order valence-electron chi connectivity index (χ2n) is 7.88. The average molecular weight is 462 g/mol. The summed E-state index contributed by atoms with van der Waals surface area (Å²) < 4.78 is 51.3. The van der Waals surface area contributed by atoms with E-state index in [0.29, 0.717) is 36.2 Å². The minimum Gasteiger partial charge on any atom is -0.488 e. The van der Waals surface area contributed by atoms with Crippen LogP contribution < -0.4 is 9.64 Å². The molecule has 2 heterocycles. The number of hydrogen-bond acceptors (Lipinski definition) is 7. The molecule has 0 bridgehead atoms. The van der Waals surface area contributed by atoms with Gasteiger partial charge in [0.1, 0.15) is 11.9 Å². The third-order valence-electron chi connectivity index (χ3n) is 5.68. The topological polar surface area (TPSA) is 90.6 Å². The monoisotopic (exact) mass is 462 g/mol. The number of non-ortho nitro benzene ring substituents is 1. The number of nitro groups is 1. The first-order chi connectivity index (χ1) is 15.6. The number of aromatic nitrogens is 2. The maximum Gasteiger partial charge on any atom is 0.416 e. The Morgan fingerprint density at radius 2 is 2.06 bits per heavy atom. The number of hydrogen-bond donors (Lipinski definition) is 0. The van der Waals surface area contributed by atoms with Crippen LogP contribution in [0.15, 0.2) is 42.6 Å². The van der Waals surface area contributed by atoms with Crippen molar-refractivity contribution in [1.29, 1.82) is 0 Å². The Labute approximate surface area is 187 Å². The summed E-state index contributed by atoms with van der Waals surface area (Å²) in [6.07, 6.45) is -2.41. The van der Waals surface area contributed by atoms with Gasteiger partial charge in [0.25, 0.3) is 5.69 Å². The first-order valence-corrected chi connectivity index (χ1v) is 10.2. The number of nitrogens with zero attached hydrogens (tertiary/aromatic N) is 4. The Bertz CT molecular complexity index is 1180. The van der Waals surface area contributed by atoms with Crippen LogP contribution in [0.3, 0.4) is 0 Å². The van der Waals surface area contributed by atoms with E-state index in [1.165, 1.54) is 0 Å². The molecular formula is C22H21F3N4O4. The van der Waals surface area contributed by atoms with E-state index < -0.39 is 28.4 Å². The molecule has 4 rings (SSSR count). The van der Waals surface area contributed by atoms with Crippen LogP contribution in [0.2, 0.25) is 0 Å². The Balaban J connectivity index is 1.71. The minimum atomic E-state index is -4.71. The largest absolute Gasteiger partial charge is 0.488 e. The Kier molecular flexibility index (Phi) is 6.07. The second kappa shape index (κ2) is 8.81. The van der Waals surface area contributed by atoms with Crippen molar-refractivity contribution in [3.05, 3.63) is 63.8 Å². The van der Waals surface area contributed by atoms with Crippen LogP contribution in [0, 0.1) is 10.1 Å². The van der Waals surface area contributed by atoms with E-state index in [9.17, 15) is 23.3 Å². The smallest absolute Gasteiger partial charge is 0.416 e. The molecule has 0 unspecified atom stereocenters. The van der Waals surface area contributed by atoms with Gasteiger partial charge in [-0.05, 0) is 36.8 Å². The van der Waals surface area contributed by atoms with Crippen molar-refractivity contribution in [1.82, 2.24) is 10.2 Å². The van der Waals surface area contributed by atoms with Crippen LogP contribution in [0.1, 0.15) is 30.5 Å². The summed E-state index contributed by atoms with van der Waals surface area (Å²) in [5.74, 6) is 1.02. The molecule has 0 amide bonds. The molecule has 0 aliphatic carbocycles. The van der Waals surface area contributed by atoms with E-state index in [1.807, 2.05) is 12.1 Å². The highest BCUT2D eigenvalue weighted by Gasteiger charge is 2.33. The van der Waals surface area contributed by atoms with E-state index in [-0.39, 0.29) is 11.7 Å². The van der Waals surface area contributed by atoms with Crippen molar-refractivity contribution in [2.75, 3.05) is 25.2 Å². The minimum absolute atomic E-state index is 0.0528. The highest BCUT2D eigenvalue weighted by Crippen LogP contribution is 2.37. The van der Waals surface area contributed by atoms with Crippen molar-refractivity contribution in [3.63, 3.8) is 0 Å². The number of nitro benzene ring substituents is 1. The molecule has 0 radical (unpaired) electrons. The van der Waals surface area contributed by atoms with Gasteiger partial charge in [0.2, 0.25) is 0 Å². The van der Waals surface area contributed by atoms with Gasteiger partial charge in [0.15, 0.2) is 5.82 Å². The number of fused-ring (bicyclic) bond motifs is 1. The number of ether oxygens (including phenoxy) is 2. The van der Waals surface area contributed by atoms with Gasteiger partial charge in [-0.2, -0.15) is 18.3 Å². The molecule has 1 fully saturated rings. The fourth-order valence-corrected chi connectivity index (χ4v) is 3.73. The fourth-order valence-electron chi connectivity index (χ4n) is 3.73. The molecule has 1 aliphatic rings. The van der Waals surface area contributed by atoms with Gasteiger partial charge >= 0.3 is 6.18 Å². The Hall–Kier alpha value is -3.47. The molecule has 174 valence electrons. The molecule has 2 aromatic carbocycles. The van der Waals surface area contributed by atoms with Gasteiger partial charge < -0.3 is 14.4 Å². The lowest BCUT2D eigenvalue weighted by Gasteiger charge is -2.27. The summed E-state index contributed by atoms with van der Waals surface area (Å²) in [6, 6.07) is 7.36. The van der Waals surface area contributed by atoms with Crippen molar-refractivity contribution < 1.29 is 27.6 Å². The third-order valence-corrected chi connectivity index (χ3v) is 5.68. The van der Waals surface area contributed by atoms with Crippen LogP contribution in [0.5, 0.6) is 5.75 Å². The standard InChI is InChI=1S/C22H21F3N4O4/c1-13(15-7-16(22(23,24)25)9-17(8-15)29(30)31)28(2)21-20-10-18(33-19-5-6-32-12-19)4-3-14(20)11-26-27-21/h3-4,7-11,13,19H,5-6,12H2,1-2H3/t13-,19+/m1/s1. The summed E-state index contributed by atoms with van der Waals surface area (Å²) in [5.41, 5.74) is -1.57. The normalized spacial score (nSPS) is 17.2. The van der Waals surface area contributed by atoms with Gasteiger partial charge in [-0.25, -0.2) is 0 Å². The van der Waals surface area contributed by atoms with Crippen molar-refractivity contribution in [3.8, 4) is 5.75 Å². The molecule has 2 atom stereocenters. The Morgan fingerprint density at radius 3 is 2.73 bits per heavy atom. The number of alkyl halides is 3. The molecule has 1 saturated heterocycles. The molecule has 8 nitrogen and oxygen atoms in total. The number of benzene rings is 2. The molecule has 33 heavy (non-hydrogen) atoms. The van der Waals surface area contributed by atoms with Crippen molar-refractivity contribution >= 4 is 22.3 Å². The van der Waals surface area contributed by atoms with Crippen LogP contribution in [0.4, 0.5) is 24.7 Å². The average Bonchev–Trinajstić information content (AvgIpc) is 3.29. The zero-order chi connectivity index (χ0) is 23.8. The first-order valence-electron chi connectivity index (χ1n) is 10.2. The second-order valence-corrected chi connectivity index (χ2v) is 7.88. The van der Waals surface area contributed by atoms with Crippen molar-refractivity contribution in [2.45, 2.75) is 31.7 Å². The van der Waals surface area contributed by atoms with E-state index in [1.54, 1.807) is 31.1 Å². The molecule has 0 saturated carbocycles. The van der Waals surface area contributed by atoms with Gasteiger partial charge in [-0.3, -0.25) is 10.1 Å². The lowest BCUT2D eigenvalue weighted by molar-refractivity contribution is -0.385. The zero-order valence-corrected chi connectivity index (χ0v) is 17.9. The highest BCUT2D eigenvalue weighted by molar-refractivity contribution is 5.92. The van der Waals surface area contributed by atoms with Crippen LogP contribution in [0.25, 0.3) is 10.8 Å². The van der Waals surface area contributed by atoms with Crippen LogP contribution in [-0.2, 0) is 10.9 Å². The van der Waals surface area contributed by atoms with Gasteiger partial charge in [-0.15, -0.1) is 5.10 Å². The maximum atomic E-state index is 13.3. The third kappa shape index (κ3) is 4.82. The predicted octanol–water partition coefficient (Wildman–Crippen LogP) is 4.92. The van der Waals surface area contributed by atoms with E-state index in [4.69, 9.17) is 9.47 Å². The molecule has 11 heteroatoms. The van der Waals surface area contributed by atoms with Crippen LogP contribution >= 0.6 is 0 Å². The molecule has 0 spiro atoms. The number of halogens is 3. The highest BCUT2D eigenvalue weighted by atomic mass is 19.4. The lowest BCUT2D eigenvalue weighted by Crippen LogP contribution is -2.24. The maximum absolute atomic E-state index is 13.3. The summed E-state index contributed by atoms with van der Waals surface area (Å²) in [7, 11) is 1.65. The lowest BCUT2D eigenvalue weighted by atomic mass is 10.0. The summed E-state index contributed by atoms with van der Waals surface area (Å²) >= 11 is 0. The molecule has 0 N–H and O–H groups in total. The zero-order valence-electron chi connectivity index (χ0n) is 17.9. The van der Waals surface area contributed by atoms with E-state index in [2.05, 4.69) is 10.2 Å². The van der Waals surface area contributed by atoms with Crippen LogP contribution in [-0.4, -0.2) is 41.5 Å². The Morgan fingerprint density at radius 1 is 1.27 bits per heavy atom. The van der Waals surface area contributed by atoms with Gasteiger partial charge in [-0.1, -0.05) is 0 Å². The number of rotatable bonds is 6. The SMILES string of the molecule is C[C@H](c1cc([N+](=O)[O-])cc(C(F)(F)F)c1)N(C)c1nncc2ccc(O[C@H]3CCOC3)cc12. The predicted molar refractivity (Wildman–Crippen MR) is 114 cm³/mol. The van der Waals surface area contributed by atoms with E-state index in [0.717, 1.165) is 23.9 Å². The summed E-state index contributed by atoms with van der Waals surface area (Å²) in [5, 5.41) is 20.9. The molecule has 3 aromatic rings. The summed E-state index contributed by atoms with van der Waals surface area (Å²) in [6.45, 7) is 2.79. The van der Waals surface area contributed by atoms with Crippen molar-refractivity contribution in [2.24, 2.45) is 0 Å². The van der Waals surface area contributed by atoms with Gasteiger partial charge in [0, 0.05) is 36.4 Å². The first kappa shape index (κ1) is 22.7. The fraction of sp³-hybridized carbons (Fsp3) is 0.364.